The Labute approximate surface area is 168 Å². The zero-order valence-electron chi connectivity index (χ0n) is 16.1. The molecule has 4 rings (SSSR count). The van der Waals surface area contributed by atoms with Crippen molar-refractivity contribution in [3.05, 3.63) is 65.7 Å². The van der Waals surface area contributed by atoms with E-state index in [1.54, 1.807) is 0 Å². The molecule has 1 atom stereocenters. The van der Waals surface area contributed by atoms with Crippen LogP contribution in [0.3, 0.4) is 0 Å². The number of hydrogen-bond acceptors (Lipinski definition) is 4. The van der Waals surface area contributed by atoms with Gasteiger partial charge in [0.1, 0.15) is 0 Å². The van der Waals surface area contributed by atoms with E-state index in [0.29, 0.717) is 6.42 Å². The van der Waals surface area contributed by atoms with E-state index in [4.69, 9.17) is 0 Å². The molecule has 0 saturated carbocycles. The number of anilines is 1. The van der Waals surface area contributed by atoms with Gasteiger partial charge >= 0.3 is 0 Å². The molecule has 6 heteroatoms. The molecule has 0 spiro atoms. The average Bonchev–Trinajstić information content (AvgIpc) is 3.12. The number of aromatic nitrogens is 3. The third-order valence-corrected chi connectivity index (χ3v) is 6.20. The number of nitrogens with one attached hydrogen (secondary N) is 1. The lowest BCUT2D eigenvalue weighted by Crippen LogP contribution is -2.25. The van der Waals surface area contributed by atoms with Gasteiger partial charge < -0.3 is 5.32 Å². The standard InChI is InChI=1S/C22H22N4OS/c1-4-18(21(27)23-20-14(2)8-7-9-15(20)3)28-22-25-24-19-13-12-16-10-5-6-11-17(16)26(19)22/h5-13,18H,4H2,1-3H3,(H,23,27). The number of carbonyl (C=O) groups excluding carboxylic acids is 1. The Bertz CT molecular complexity index is 1150. The van der Waals surface area contributed by atoms with Crippen molar-refractivity contribution in [2.24, 2.45) is 0 Å². The van der Waals surface area contributed by atoms with Crippen molar-refractivity contribution in [3.63, 3.8) is 0 Å². The summed E-state index contributed by atoms with van der Waals surface area (Å²) in [6.45, 7) is 6.03. The first-order valence-corrected chi connectivity index (χ1v) is 10.2. The van der Waals surface area contributed by atoms with Crippen LogP contribution < -0.4 is 5.32 Å². The van der Waals surface area contributed by atoms with Gasteiger partial charge in [-0.1, -0.05) is 55.1 Å². The minimum Gasteiger partial charge on any atom is -0.325 e. The maximum absolute atomic E-state index is 13.0. The average molecular weight is 391 g/mol. The number of pyridine rings is 1. The summed E-state index contributed by atoms with van der Waals surface area (Å²) in [7, 11) is 0. The molecule has 1 unspecified atom stereocenters. The first-order chi connectivity index (χ1) is 13.6. The third kappa shape index (κ3) is 3.36. The molecule has 4 aromatic rings. The Morgan fingerprint density at radius 1 is 1.04 bits per heavy atom. The molecule has 0 aliphatic rings. The zero-order valence-corrected chi connectivity index (χ0v) is 17.0. The summed E-state index contributed by atoms with van der Waals surface area (Å²) in [5.74, 6) is -0.0121. The van der Waals surface area contributed by atoms with Crippen LogP contribution >= 0.6 is 11.8 Å². The smallest absolute Gasteiger partial charge is 0.237 e. The Morgan fingerprint density at radius 2 is 1.79 bits per heavy atom. The van der Waals surface area contributed by atoms with Crippen LogP contribution in [0.5, 0.6) is 0 Å². The van der Waals surface area contributed by atoms with Crippen molar-refractivity contribution in [1.29, 1.82) is 0 Å². The normalized spacial score (nSPS) is 12.4. The van der Waals surface area contributed by atoms with Gasteiger partial charge in [-0.15, -0.1) is 10.2 Å². The van der Waals surface area contributed by atoms with Gasteiger partial charge in [0, 0.05) is 5.69 Å². The minimum atomic E-state index is -0.259. The molecule has 28 heavy (non-hydrogen) atoms. The predicted octanol–water partition coefficient (Wildman–Crippen LogP) is 5.01. The van der Waals surface area contributed by atoms with E-state index in [2.05, 4.69) is 21.6 Å². The predicted molar refractivity (Wildman–Crippen MR) is 115 cm³/mol. The quantitative estimate of drug-likeness (QED) is 0.487. The molecule has 2 aromatic heterocycles. The van der Waals surface area contributed by atoms with Crippen molar-refractivity contribution in [2.45, 2.75) is 37.6 Å². The second kappa shape index (κ2) is 7.64. The summed E-state index contributed by atoms with van der Waals surface area (Å²) >= 11 is 1.46. The van der Waals surface area contributed by atoms with E-state index in [0.717, 1.165) is 38.5 Å². The van der Waals surface area contributed by atoms with Crippen molar-refractivity contribution in [2.75, 3.05) is 5.32 Å². The molecular formula is C22H22N4OS. The highest BCUT2D eigenvalue weighted by molar-refractivity contribution is 8.00. The summed E-state index contributed by atoms with van der Waals surface area (Å²) < 4.78 is 2.02. The molecule has 5 nitrogen and oxygen atoms in total. The number of rotatable bonds is 5. The molecule has 0 aliphatic heterocycles. The maximum atomic E-state index is 13.0. The van der Waals surface area contributed by atoms with Crippen LogP contribution in [0.25, 0.3) is 16.6 Å². The number of carbonyl (C=O) groups is 1. The van der Waals surface area contributed by atoms with E-state index >= 15 is 0 Å². The Kier molecular flexibility index (Phi) is 5.05. The van der Waals surface area contributed by atoms with Gasteiger partial charge in [0.2, 0.25) is 5.91 Å². The third-order valence-electron chi connectivity index (χ3n) is 4.89. The number of fused-ring (bicyclic) bond motifs is 3. The van der Waals surface area contributed by atoms with E-state index in [1.807, 2.05) is 73.7 Å². The fourth-order valence-electron chi connectivity index (χ4n) is 3.35. The minimum absolute atomic E-state index is 0.0121. The zero-order chi connectivity index (χ0) is 19.7. The number of aryl methyl sites for hydroxylation is 2. The molecule has 0 aliphatic carbocycles. The highest BCUT2D eigenvalue weighted by Gasteiger charge is 2.22. The monoisotopic (exact) mass is 390 g/mol. The molecule has 1 amide bonds. The molecule has 0 radical (unpaired) electrons. The molecule has 142 valence electrons. The van der Waals surface area contributed by atoms with Gasteiger partial charge in [-0.25, -0.2) is 0 Å². The van der Waals surface area contributed by atoms with Crippen LogP contribution in [0.2, 0.25) is 0 Å². The van der Waals surface area contributed by atoms with E-state index in [1.165, 1.54) is 11.8 Å². The molecule has 2 heterocycles. The van der Waals surface area contributed by atoms with Crippen LogP contribution in [0.4, 0.5) is 5.69 Å². The van der Waals surface area contributed by atoms with E-state index in [9.17, 15) is 4.79 Å². The lowest BCUT2D eigenvalue weighted by Gasteiger charge is -2.17. The SMILES string of the molecule is CCC(Sc1nnc2ccc3ccccc3n12)C(=O)Nc1c(C)cccc1C. The summed E-state index contributed by atoms with van der Waals surface area (Å²) in [5, 5.41) is 13.3. The highest BCUT2D eigenvalue weighted by atomic mass is 32.2. The van der Waals surface area contributed by atoms with Gasteiger partial charge in [-0.2, -0.15) is 0 Å². The largest absolute Gasteiger partial charge is 0.325 e. The van der Waals surface area contributed by atoms with Crippen molar-refractivity contribution < 1.29 is 4.79 Å². The number of benzene rings is 2. The van der Waals surface area contributed by atoms with Crippen molar-refractivity contribution in [1.82, 2.24) is 14.6 Å². The summed E-state index contributed by atoms with van der Waals surface area (Å²) in [6.07, 6.45) is 0.696. The second-order valence-electron chi connectivity index (χ2n) is 6.84. The number of para-hydroxylation sites is 2. The topological polar surface area (TPSA) is 59.3 Å². The van der Waals surface area contributed by atoms with Crippen molar-refractivity contribution >= 4 is 39.9 Å². The number of amides is 1. The van der Waals surface area contributed by atoms with Gasteiger partial charge in [0.25, 0.3) is 0 Å². The highest BCUT2D eigenvalue weighted by Crippen LogP contribution is 2.29. The van der Waals surface area contributed by atoms with Gasteiger partial charge in [0.15, 0.2) is 10.8 Å². The van der Waals surface area contributed by atoms with Crippen LogP contribution in [0, 0.1) is 13.8 Å². The fourth-order valence-corrected chi connectivity index (χ4v) is 4.33. The van der Waals surface area contributed by atoms with E-state index < -0.39 is 0 Å². The molecule has 2 aromatic carbocycles. The molecule has 0 bridgehead atoms. The summed E-state index contributed by atoms with van der Waals surface area (Å²) in [5.41, 5.74) is 4.84. The number of thioether (sulfide) groups is 1. The Hall–Kier alpha value is -2.86. The number of hydrogen-bond donors (Lipinski definition) is 1. The lowest BCUT2D eigenvalue weighted by molar-refractivity contribution is -0.115. The Balaban J connectivity index is 1.65. The fraction of sp³-hybridized carbons (Fsp3) is 0.227. The van der Waals surface area contributed by atoms with Crippen LogP contribution in [0.15, 0.2) is 59.8 Å². The first kappa shape index (κ1) is 18.5. The molecular weight excluding hydrogens is 368 g/mol. The summed E-state index contributed by atoms with van der Waals surface area (Å²) in [4.78, 5) is 13.0. The second-order valence-corrected chi connectivity index (χ2v) is 8.01. The maximum Gasteiger partial charge on any atom is 0.237 e. The van der Waals surface area contributed by atoms with E-state index in [-0.39, 0.29) is 11.2 Å². The molecule has 0 fully saturated rings. The van der Waals surface area contributed by atoms with Crippen LogP contribution in [-0.4, -0.2) is 25.8 Å². The van der Waals surface area contributed by atoms with Crippen molar-refractivity contribution in [3.8, 4) is 0 Å². The summed E-state index contributed by atoms with van der Waals surface area (Å²) in [6, 6.07) is 18.1. The molecule has 1 N–H and O–H groups in total. The van der Waals surface area contributed by atoms with Crippen LogP contribution in [0.1, 0.15) is 24.5 Å². The van der Waals surface area contributed by atoms with Gasteiger partial charge in [-0.05, 0) is 55.0 Å². The Morgan fingerprint density at radius 3 is 2.54 bits per heavy atom. The lowest BCUT2D eigenvalue weighted by atomic mass is 10.1. The van der Waals surface area contributed by atoms with Crippen LogP contribution in [-0.2, 0) is 4.79 Å². The first-order valence-electron chi connectivity index (χ1n) is 9.35. The van der Waals surface area contributed by atoms with Gasteiger partial charge in [0.05, 0.1) is 10.8 Å². The van der Waals surface area contributed by atoms with Gasteiger partial charge in [-0.3, -0.25) is 9.20 Å². The number of nitrogens with zero attached hydrogens (tertiary/aromatic N) is 3. The molecule has 0 saturated heterocycles.